The average molecular weight is 461 g/mol. The van der Waals surface area contributed by atoms with Crippen LogP contribution in [0, 0.1) is 0 Å². The van der Waals surface area contributed by atoms with Crippen molar-refractivity contribution in [3.05, 3.63) is 88.4 Å². The number of nitrogens with zero attached hydrogens (tertiary/aromatic N) is 2. The molecule has 5 nitrogen and oxygen atoms in total. The summed E-state index contributed by atoms with van der Waals surface area (Å²) in [5, 5.41) is 0.802. The number of halogens is 2. The largest absolute Gasteiger partial charge is 0.310 e. The predicted molar refractivity (Wildman–Crippen MR) is 120 cm³/mol. The van der Waals surface area contributed by atoms with Gasteiger partial charge in [0.05, 0.1) is 10.6 Å². The van der Waals surface area contributed by atoms with E-state index in [1.807, 2.05) is 24.3 Å². The number of hydrogen-bond acceptors (Lipinski definition) is 3. The zero-order valence-corrected chi connectivity index (χ0v) is 18.2. The zero-order valence-electron chi connectivity index (χ0n) is 15.8. The Kier molecular flexibility index (Phi) is 5.73. The summed E-state index contributed by atoms with van der Waals surface area (Å²) in [5.41, 5.74) is 2.21. The number of fused-ring (bicyclic) bond motifs is 1. The van der Waals surface area contributed by atoms with Crippen LogP contribution < -0.4 is 9.21 Å². The Labute approximate surface area is 185 Å². The van der Waals surface area contributed by atoms with Crippen LogP contribution in [0.15, 0.2) is 77.7 Å². The molecule has 0 bridgehead atoms. The lowest BCUT2D eigenvalue weighted by atomic mass is 10.2. The summed E-state index contributed by atoms with van der Waals surface area (Å²) in [6.07, 6.45) is 0.739. The van der Waals surface area contributed by atoms with Crippen LogP contribution in [-0.4, -0.2) is 27.4 Å². The number of rotatable bonds is 5. The van der Waals surface area contributed by atoms with Crippen LogP contribution in [0.5, 0.6) is 0 Å². The number of sulfonamides is 1. The van der Waals surface area contributed by atoms with Crippen molar-refractivity contribution in [3.8, 4) is 0 Å². The minimum Gasteiger partial charge on any atom is -0.310 e. The lowest BCUT2D eigenvalue weighted by Gasteiger charge is -2.27. The molecule has 3 aromatic carbocycles. The van der Waals surface area contributed by atoms with Crippen LogP contribution in [0.4, 0.5) is 11.4 Å². The summed E-state index contributed by atoms with van der Waals surface area (Å²) in [5.74, 6) is -0.308. The van der Waals surface area contributed by atoms with Gasteiger partial charge in [0.25, 0.3) is 10.0 Å². The van der Waals surface area contributed by atoms with Crippen molar-refractivity contribution >= 4 is 50.5 Å². The normalized spacial score (nSPS) is 13.2. The van der Waals surface area contributed by atoms with Gasteiger partial charge in [0, 0.05) is 22.3 Å². The van der Waals surface area contributed by atoms with Crippen molar-refractivity contribution in [2.75, 3.05) is 22.3 Å². The lowest BCUT2D eigenvalue weighted by molar-refractivity contribution is -0.117. The van der Waals surface area contributed by atoms with Gasteiger partial charge >= 0.3 is 0 Å². The van der Waals surface area contributed by atoms with Crippen LogP contribution in [0.2, 0.25) is 10.0 Å². The van der Waals surface area contributed by atoms with Crippen molar-refractivity contribution < 1.29 is 13.2 Å². The third-order valence-corrected chi connectivity index (χ3v) is 7.24. The van der Waals surface area contributed by atoms with E-state index in [0.29, 0.717) is 22.3 Å². The second-order valence-corrected chi connectivity index (χ2v) is 9.60. The van der Waals surface area contributed by atoms with E-state index in [1.54, 1.807) is 23.1 Å². The molecule has 1 aliphatic rings. The van der Waals surface area contributed by atoms with Gasteiger partial charge in [-0.05, 0) is 60.5 Å². The summed E-state index contributed by atoms with van der Waals surface area (Å²) in [6.45, 7) is 0.169. The monoisotopic (exact) mass is 460 g/mol. The van der Waals surface area contributed by atoms with Gasteiger partial charge in [0.15, 0.2) is 0 Å². The van der Waals surface area contributed by atoms with Gasteiger partial charge in [-0.1, -0.05) is 47.5 Å². The van der Waals surface area contributed by atoms with Gasteiger partial charge in [-0.25, -0.2) is 8.42 Å². The molecule has 0 aliphatic carbocycles. The third-order valence-electron chi connectivity index (χ3n) is 4.96. The van der Waals surface area contributed by atoms with E-state index in [9.17, 15) is 13.2 Å². The second-order valence-electron chi connectivity index (χ2n) is 6.87. The first kappa shape index (κ1) is 20.7. The predicted octanol–water partition coefficient (Wildman–Crippen LogP) is 4.78. The van der Waals surface area contributed by atoms with Crippen molar-refractivity contribution in [3.63, 3.8) is 0 Å². The molecular weight excluding hydrogens is 443 g/mol. The molecule has 0 radical (unpaired) electrons. The molecule has 4 rings (SSSR count). The van der Waals surface area contributed by atoms with E-state index in [0.717, 1.165) is 22.0 Å². The minimum atomic E-state index is -4.02. The molecule has 0 spiro atoms. The van der Waals surface area contributed by atoms with Gasteiger partial charge in [0.2, 0.25) is 5.91 Å². The number of benzene rings is 3. The highest BCUT2D eigenvalue weighted by Crippen LogP contribution is 2.30. The standard InChI is InChI=1S/C22H18Cl2N2O3S/c23-17-8-10-20(11-9-17)30(28,29)26(19-6-3-5-18(24)14-19)15-22(27)25-13-12-16-4-1-2-7-21(16)25/h1-11,14H,12-13,15H2. The molecule has 1 amide bonds. The first-order chi connectivity index (χ1) is 14.4. The van der Waals surface area contributed by atoms with Crippen LogP contribution in [-0.2, 0) is 21.2 Å². The van der Waals surface area contributed by atoms with Gasteiger partial charge in [0.1, 0.15) is 6.54 Å². The van der Waals surface area contributed by atoms with E-state index < -0.39 is 10.0 Å². The molecule has 154 valence electrons. The quantitative estimate of drug-likeness (QED) is 0.550. The van der Waals surface area contributed by atoms with Crippen LogP contribution in [0.25, 0.3) is 0 Å². The first-order valence-corrected chi connectivity index (χ1v) is 11.5. The summed E-state index contributed by atoms with van der Waals surface area (Å²) >= 11 is 12.0. The summed E-state index contributed by atoms with van der Waals surface area (Å²) in [7, 11) is -4.02. The molecule has 0 saturated carbocycles. The maximum atomic E-state index is 13.4. The Morgan fingerprint density at radius 1 is 0.933 bits per heavy atom. The molecule has 8 heteroatoms. The summed E-state index contributed by atoms with van der Waals surface area (Å²) < 4.78 is 27.9. The van der Waals surface area contributed by atoms with Gasteiger partial charge in [-0.15, -0.1) is 0 Å². The van der Waals surface area contributed by atoms with E-state index in [1.165, 1.54) is 30.3 Å². The molecule has 0 aromatic heterocycles. The number of carbonyl (C=O) groups is 1. The van der Waals surface area contributed by atoms with E-state index in [-0.39, 0.29) is 17.3 Å². The van der Waals surface area contributed by atoms with Crippen molar-refractivity contribution in [2.45, 2.75) is 11.3 Å². The zero-order chi connectivity index (χ0) is 21.3. The van der Waals surface area contributed by atoms with Gasteiger partial charge in [-0.2, -0.15) is 0 Å². The first-order valence-electron chi connectivity index (χ1n) is 9.28. The van der Waals surface area contributed by atoms with Crippen LogP contribution in [0.3, 0.4) is 0 Å². The fourth-order valence-corrected chi connectivity index (χ4v) is 5.20. The van der Waals surface area contributed by atoms with E-state index in [4.69, 9.17) is 23.2 Å². The van der Waals surface area contributed by atoms with Crippen LogP contribution in [0.1, 0.15) is 5.56 Å². The van der Waals surface area contributed by atoms with Crippen molar-refractivity contribution in [1.82, 2.24) is 0 Å². The third kappa shape index (κ3) is 4.03. The number of anilines is 2. The second kappa shape index (κ2) is 8.30. The van der Waals surface area contributed by atoms with Gasteiger partial charge < -0.3 is 4.90 Å². The maximum absolute atomic E-state index is 13.4. The molecule has 0 atom stereocenters. The van der Waals surface area contributed by atoms with Crippen molar-refractivity contribution in [1.29, 1.82) is 0 Å². The lowest BCUT2D eigenvalue weighted by Crippen LogP contribution is -2.42. The van der Waals surface area contributed by atoms with Crippen molar-refractivity contribution in [2.24, 2.45) is 0 Å². The Bertz CT molecular complexity index is 1200. The Morgan fingerprint density at radius 2 is 1.67 bits per heavy atom. The topological polar surface area (TPSA) is 57.7 Å². The Hall–Kier alpha value is -2.54. The number of amides is 1. The minimum absolute atomic E-state index is 0.0431. The highest BCUT2D eigenvalue weighted by molar-refractivity contribution is 7.92. The Morgan fingerprint density at radius 3 is 2.40 bits per heavy atom. The maximum Gasteiger partial charge on any atom is 0.264 e. The van der Waals surface area contributed by atoms with Crippen LogP contribution >= 0.6 is 23.2 Å². The summed E-state index contributed by atoms with van der Waals surface area (Å²) in [4.78, 5) is 14.8. The Balaban J connectivity index is 1.71. The highest BCUT2D eigenvalue weighted by Gasteiger charge is 2.31. The number of hydrogen-bond donors (Lipinski definition) is 0. The van der Waals surface area contributed by atoms with Gasteiger partial charge in [-0.3, -0.25) is 9.10 Å². The molecule has 1 heterocycles. The molecule has 3 aromatic rings. The van der Waals surface area contributed by atoms with E-state index in [2.05, 4.69) is 0 Å². The smallest absolute Gasteiger partial charge is 0.264 e. The summed E-state index contributed by atoms with van der Waals surface area (Å²) in [6, 6.07) is 19.9. The molecule has 1 aliphatic heterocycles. The fourth-order valence-electron chi connectivity index (χ4n) is 3.49. The van der Waals surface area contributed by atoms with E-state index >= 15 is 0 Å². The number of carbonyl (C=O) groups excluding carboxylic acids is 1. The molecular formula is C22H18Cl2N2O3S. The molecule has 0 fully saturated rings. The SMILES string of the molecule is O=C(CN(c1cccc(Cl)c1)S(=O)(=O)c1ccc(Cl)cc1)N1CCc2ccccc21. The average Bonchev–Trinajstić information content (AvgIpc) is 3.16. The molecule has 0 saturated heterocycles. The fraction of sp³-hybridized carbons (Fsp3) is 0.136. The highest BCUT2D eigenvalue weighted by atomic mass is 35.5. The number of para-hydroxylation sites is 1. The molecule has 0 unspecified atom stereocenters. The molecule has 0 N–H and O–H groups in total. The molecule has 30 heavy (non-hydrogen) atoms.